The van der Waals surface area contributed by atoms with Gasteiger partial charge in [0.25, 0.3) is 0 Å². The van der Waals surface area contributed by atoms with E-state index in [0.29, 0.717) is 11.5 Å². The highest BCUT2D eigenvalue weighted by atomic mass is 35.5. The number of carboxylic acids is 1. The Morgan fingerprint density at radius 3 is 2.32 bits per heavy atom. The van der Waals surface area contributed by atoms with Gasteiger partial charge in [0, 0.05) is 29.0 Å². The summed E-state index contributed by atoms with van der Waals surface area (Å²) in [7, 11) is 7.33. The van der Waals surface area contributed by atoms with Gasteiger partial charge >= 0.3 is 5.97 Å². The van der Waals surface area contributed by atoms with Crippen LogP contribution in [-0.2, 0) is 17.6 Å². The fourth-order valence-electron chi connectivity index (χ4n) is 4.29. The highest BCUT2D eigenvalue weighted by Crippen LogP contribution is 2.37. The molecule has 4 rings (SSSR count). The van der Waals surface area contributed by atoms with Gasteiger partial charge in [-0.15, -0.1) is 12.4 Å². The van der Waals surface area contributed by atoms with Gasteiger partial charge in [-0.05, 0) is 93.0 Å². The number of aliphatic carboxylic acids is 1. The first-order valence-electron chi connectivity index (χ1n) is 12.2. The van der Waals surface area contributed by atoms with E-state index in [4.69, 9.17) is 26.2 Å². The van der Waals surface area contributed by atoms with Crippen molar-refractivity contribution in [2.45, 2.75) is 19.3 Å². The number of methoxy groups -OCH3 is 2. The topological polar surface area (TPSA) is 62.2 Å². The molecule has 38 heavy (non-hydrogen) atoms. The minimum atomic E-state index is -0.982. The number of hydrogen-bond acceptors (Lipinski definition) is 5. The Morgan fingerprint density at radius 1 is 0.974 bits per heavy atom. The molecule has 0 spiro atoms. The summed E-state index contributed by atoms with van der Waals surface area (Å²) in [4.78, 5) is 15.0. The zero-order chi connectivity index (χ0) is 26.8. The van der Waals surface area contributed by atoms with Crippen LogP contribution in [0.1, 0.15) is 23.1 Å². The standard InChI is InChI=1S/C19H23ClN2.C11H12O4.ClH/c1-21(2)12-5-13-22-18-7-4-3-6-15(18)8-9-16-10-11-17(20)14-19(16)22;1-14-9-5-3-8(4-6-11(12)13)7-10(9)15-2;/h3-4,6-7,10-11,14H,5,8-9,12-13H2,1-2H3;3-7H,1-2H3,(H,12,13);1H. The van der Waals surface area contributed by atoms with Gasteiger partial charge in [-0.3, -0.25) is 0 Å². The van der Waals surface area contributed by atoms with Gasteiger partial charge in [0.15, 0.2) is 11.5 Å². The molecule has 0 saturated heterocycles. The van der Waals surface area contributed by atoms with E-state index in [-0.39, 0.29) is 12.4 Å². The maximum atomic E-state index is 10.3. The minimum Gasteiger partial charge on any atom is -0.493 e. The molecule has 0 bridgehead atoms. The summed E-state index contributed by atoms with van der Waals surface area (Å²) in [5.74, 6) is 0.208. The number of para-hydroxylation sites is 1. The molecule has 6 nitrogen and oxygen atoms in total. The van der Waals surface area contributed by atoms with Crippen LogP contribution in [-0.4, -0.2) is 57.4 Å². The largest absolute Gasteiger partial charge is 0.493 e. The van der Waals surface area contributed by atoms with Gasteiger partial charge in [-0.1, -0.05) is 41.9 Å². The van der Waals surface area contributed by atoms with Crippen LogP contribution in [0.3, 0.4) is 0 Å². The molecule has 1 heterocycles. The number of fused-ring (bicyclic) bond motifs is 2. The Labute approximate surface area is 236 Å². The first-order valence-corrected chi connectivity index (χ1v) is 12.6. The predicted octanol–water partition coefficient (Wildman–Crippen LogP) is 6.75. The zero-order valence-electron chi connectivity index (χ0n) is 22.3. The van der Waals surface area contributed by atoms with E-state index in [1.165, 1.54) is 35.7 Å². The molecule has 1 N–H and O–H groups in total. The molecule has 0 fully saturated rings. The summed E-state index contributed by atoms with van der Waals surface area (Å²) in [6.45, 7) is 2.11. The smallest absolute Gasteiger partial charge is 0.328 e. The predicted molar refractivity (Wildman–Crippen MR) is 159 cm³/mol. The third kappa shape index (κ3) is 8.69. The summed E-state index contributed by atoms with van der Waals surface area (Å²) in [6.07, 6.45) is 5.86. The summed E-state index contributed by atoms with van der Waals surface area (Å²) in [5.41, 5.74) is 6.18. The SMILES string of the molecule is CN(C)CCCN1c2ccccc2CCc2ccc(Cl)cc21.COc1ccc(C=CC(=O)O)cc1OC.Cl. The fourth-order valence-corrected chi connectivity index (χ4v) is 4.46. The molecule has 0 radical (unpaired) electrons. The zero-order valence-corrected chi connectivity index (χ0v) is 23.9. The number of benzene rings is 3. The van der Waals surface area contributed by atoms with Crippen LogP contribution >= 0.6 is 24.0 Å². The van der Waals surface area contributed by atoms with E-state index in [9.17, 15) is 4.79 Å². The van der Waals surface area contributed by atoms with Crippen LogP contribution in [0.2, 0.25) is 5.02 Å². The molecule has 3 aromatic carbocycles. The van der Waals surface area contributed by atoms with Crippen LogP contribution in [0.4, 0.5) is 11.4 Å². The van der Waals surface area contributed by atoms with E-state index in [2.05, 4.69) is 60.3 Å². The normalized spacial score (nSPS) is 12.0. The van der Waals surface area contributed by atoms with E-state index >= 15 is 0 Å². The average molecular weight is 560 g/mol. The van der Waals surface area contributed by atoms with Crippen molar-refractivity contribution in [2.24, 2.45) is 0 Å². The van der Waals surface area contributed by atoms with E-state index in [1.807, 2.05) is 6.07 Å². The number of hydrogen-bond donors (Lipinski definition) is 1. The van der Waals surface area contributed by atoms with Crippen LogP contribution < -0.4 is 14.4 Å². The third-order valence-electron chi connectivity index (χ3n) is 6.10. The quantitative estimate of drug-likeness (QED) is 0.308. The fraction of sp³-hybridized carbons (Fsp3) is 0.300. The van der Waals surface area contributed by atoms with Crippen molar-refractivity contribution in [2.75, 3.05) is 46.3 Å². The average Bonchev–Trinajstić information content (AvgIpc) is 3.04. The second-order valence-electron chi connectivity index (χ2n) is 9.00. The van der Waals surface area contributed by atoms with Gasteiger partial charge < -0.3 is 24.4 Å². The van der Waals surface area contributed by atoms with Crippen LogP contribution in [0, 0.1) is 0 Å². The molecule has 3 aromatic rings. The van der Waals surface area contributed by atoms with Crippen LogP contribution in [0.5, 0.6) is 11.5 Å². The van der Waals surface area contributed by atoms with Crippen molar-refractivity contribution < 1.29 is 19.4 Å². The summed E-state index contributed by atoms with van der Waals surface area (Å²) < 4.78 is 10.1. The molecular formula is C30H36Cl2N2O4. The Hall–Kier alpha value is -3.19. The van der Waals surface area contributed by atoms with Gasteiger partial charge in [-0.25, -0.2) is 4.79 Å². The lowest BCUT2D eigenvalue weighted by molar-refractivity contribution is -0.131. The van der Waals surface area contributed by atoms with Crippen molar-refractivity contribution in [1.29, 1.82) is 0 Å². The van der Waals surface area contributed by atoms with Gasteiger partial charge in [-0.2, -0.15) is 0 Å². The molecule has 0 aromatic heterocycles. The van der Waals surface area contributed by atoms with Crippen LogP contribution in [0.25, 0.3) is 6.08 Å². The molecule has 0 atom stereocenters. The number of rotatable bonds is 8. The summed E-state index contributed by atoms with van der Waals surface area (Å²) in [5, 5.41) is 9.27. The lowest BCUT2D eigenvalue weighted by Crippen LogP contribution is -2.24. The lowest BCUT2D eigenvalue weighted by Gasteiger charge is -2.27. The summed E-state index contributed by atoms with van der Waals surface area (Å²) in [6, 6.07) is 20.3. The number of carbonyl (C=O) groups is 1. The van der Waals surface area contributed by atoms with Gasteiger partial charge in [0.05, 0.1) is 14.2 Å². The van der Waals surface area contributed by atoms with E-state index in [0.717, 1.165) is 49.0 Å². The van der Waals surface area contributed by atoms with Gasteiger partial charge in [0.2, 0.25) is 0 Å². The number of carboxylic acid groups (broad SMARTS) is 1. The Balaban J connectivity index is 0.000000280. The molecule has 0 aliphatic carbocycles. The van der Waals surface area contributed by atoms with Crippen molar-refractivity contribution in [3.05, 3.63) is 88.5 Å². The maximum Gasteiger partial charge on any atom is 0.328 e. The number of nitrogens with zero attached hydrogens (tertiary/aromatic N) is 2. The Morgan fingerprint density at radius 2 is 1.66 bits per heavy atom. The van der Waals surface area contributed by atoms with E-state index < -0.39 is 5.97 Å². The molecule has 0 saturated carbocycles. The van der Waals surface area contributed by atoms with E-state index in [1.54, 1.807) is 25.3 Å². The Bertz CT molecular complexity index is 1230. The lowest BCUT2D eigenvalue weighted by atomic mass is 10.0. The monoisotopic (exact) mass is 558 g/mol. The van der Waals surface area contributed by atoms with Crippen molar-refractivity contribution in [3.63, 3.8) is 0 Å². The number of aryl methyl sites for hydroxylation is 2. The molecular weight excluding hydrogens is 523 g/mol. The Kier molecular flexibility index (Phi) is 12.5. The van der Waals surface area contributed by atoms with Gasteiger partial charge in [0.1, 0.15) is 0 Å². The van der Waals surface area contributed by atoms with Crippen molar-refractivity contribution in [3.8, 4) is 11.5 Å². The molecule has 0 unspecified atom stereocenters. The maximum absolute atomic E-state index is 10.3. The molecule has 1 aliphatic rings. The number of ether oxygens (including phenoxy) is 2. The number of halogens is 2. The molecule has 204 valence electrons. The molecule has 1 aliphatic heterocycles. The second kappa shape index (κ2) is 15.3. The van der Waals surface area contributed by atoms with Crippen molar-refractivity contribution >= 4 is 47.4 Å². The third-order valence-corrected chi connectivity index (χ3v) is 6.33. The number of anilines is 2. The highest BCUT2D eigenvalue weighted by molar-refractivity contribution is 6.30. The van der Waals surface area contributed by atoms with Crippen molar-refractivity contribution in [1.82, 2.24) is 4.90 Å². The first-order chi connectivity index (χ1) is 17.8. The minimum absolute atomic E-state index is 0. The molecule has 8 heteroatoms. The second-order valence-corrected chi connectivity index (χ2v) is 9.43. The molecule has 0 amide bonds. The van der Waals surface area contributed by atoms with Crippen LogP contribution in [0.15, 0.2) is 66.7 Å². The summed E-state index contributed by atoms with van der Waals surface area (Å²) >= 11 is 6.27. The first kappa shape index (κ1) is 31.0. The highest BCUT2D eigenvalue weighted by Gasteiger charge is 2.20.